The summed E-state index contributed by atoms with van der Waals surface area (Å²) in [6.07, 6.45) is 3.13. The Bertz CT molecular complexity index is 728. The number of hydrogen-bond donors (Lipinski definition) is 2. The molecule has 3 N–H and O–H groups in total. The lowest BCUT2D eigenvalue weighted by molar-refractivity contribution is 0.0950. The lowest BCUT2D eigenvalue weighted by atomic mass is 9.72. The van der Waals surface area contributed by atoms with Crippen LogP contribution in [0.2, 0.25) is 0 Å². The van der Waals surface area contributed by atoms with Gasteiger partial charge in [0.25, 0.3) is 5.91 Å². The SMILES string of the molecule is CC(C)(C)C1CCc2c(sc(N)c2C(=O)NCc2ccccc2)C1. The molecule has 128 valence electrons. The quantitative estimate of drug-likeness (QED) is 0.868. The van der Waals surface area contributed by atoms with Gasteiger partial charge in [-0.2, -0.15) is 0 Å². The number of amides is 1. The maximum absolute atomic E-state index is 12.7. The summed E-state index contributed by atoms with van der Waals surface area (Å²) in [5, 5.41) is 3.69. The summed E-state index contributed by atoms with van der Waals surface area (Å²) in [7, 11) is 0. The normalized spacial score (nSPS) is 17.4. The highest BCUT2D eigenvalue weighted by Crippen LogP contribution is 2.43. The van der Waals surface area contributed by atoms with Crippen molar-refractivity contribution in [1.29, 1.82) is 0 Å². The number of anilines is 1. The minimum absolute atomic E-state index is 0.0388. The average Bonchev–Trinajstić information content (AvgIpc) is 2.87. The van der Waals surface area contributed by atoms with E-state index in [2.05, 4.69) is 26.1 Å². The summed E-state index contributed by atoms with van der Waals surface area (Å²) in [5.41, 5.74) is 9.50. The molecule has 3 rings (SSSR count). The molecule has 1 heterocycles. The van der Waals surface area contributed by atoms with E-state index in [0.717, 1.165) is 30.4 Å². The van der Waals surface area contributed by atoms with E-state index in [9.17, 15) is 4.79 Å². The zero-order valence-electron chi connectivity index (χ0n) is 14.7. The maximum atomic E-state index is 12.7. The number of rotatable bonds is 3. The second-order valence-corrected chi connectivity index (χ2v) is 8.85. The molecule has 1 aromatic carbocycles. The lowest BCUT2D eigenvalue weighted by Crippen LogP contribution is -2.28. The Morgan fingerprint density at radius 1 is 1.29 bits per heavy atom. The van der Waals surface area contributed by atoms with Crippen molar-refractivity contribution < 1.29 is 4.79 Å². The number of nitrogen functional groups attached to an aromatic ring is 1. The predicted octanol–water partition coefficient (Wildman–Crippen LogP) is 4.41. The van der Waals surface area contributed by atoms with Gasteiger partial charge < -0.3 is 11.1 Å². The first-order chi connectivity index (χ1) is 11.4. The fourth-order valence-corrected chi connectivity index (χ4v) is 4.66. The Balaban J connectivity index is 1.75. The number of carbonyl (C=O) groups is 1. The van der Waals surface area contributed by atoms with E-state index >= 15 is 0 Å². The fourth-order valence-electron chi connectivity index (χ4n) is 3.46. The average molecular weight is 343 g/mol. The first-order valence-corrected chi connectivity index (χ1v) is 9.40. The van der Waals surface area contributed by atoms with E-state index in [1.54, 1.807) is 11.3 Å². The van der Waals surface area contributed by atoms with Crippen LogP contribution in [0.5, 0.6) is 0 Å². The lowest BCUT2D eigenvalue weighted by Gasteiger charge is -2.33. The Hall–Kier alpha value is -1.81. The molecule has 0 spiro atoms. The number of nitrogens with two attached hydrogens (primary N) is 1. The molecule has 3 nitrogen and oxygen atoms in total. The number of hydrogen-bond acceptors (Lipinski definition) is 3. The Kier molecular flexibility index (Phi) is 4.68. The molecule has 1 aromatic heterocycles. The van der Waals surface area contributed by atoms with Crippen LogP contribution in [0.3, 0.4) is 0 Å². The van der Waals surface area contributed by atoms with Crippen LogP contribution in [0.25, 0.3) is 0 Å². The molecule has 0 saturated heterocycles. The van der Waals surface area contributed by atoms with Crippen LogP contribution in [-0.4, -0.2) is 5.91 Å². The van der Waals surface area contributed by atoms with Crippen molar-refractivity contribution in [1.82, 2.24) is 5.32 Å². The van der Waals surface area contributed by atoms with E-state index in [0.29, 0.717) is 22.9 Å². The molecular formula is C20H26N2OS. The zero-order valence-corrected chi connectivity index (χ0v) is 15.5. The molecular weight excluding hydrogens is 316 g/mol. The summed E-state index contributed by atoms with van der Waals surface area (Å²) in [6.45, 7) is 7.43. The molecule has 1 unspecified atom stereocenters. The molecule has 0 radical (unpaired) electrons. The molecule has 1 aliphatic carbocycles. The monoisotopic (exact) mass is 342 g/mol. The highest BCUT2D eigenvalue weighted by atomic mass is 32.1. The molecule has 2 aromatic rings. The summed E-state index contributed by atoms with van der Waals surface area (Å²) < 4.78 is 0. The van der Waals surface area contributed by atoms with Gasteiger partial charge in [-0.1, -0.05) is 51.1 Å². The van der Waals surface area contributed by atoms with Gasteiger partial charge in [0.15, 0.2) is 0 Å². The van der Waals surface area contributed by atoms with Gasteiger partial charge in [-0.25, -0.2) is 0 Å². The number of thiophene rings is 1. The fraction of sp³-hybridized carbons (Fsp3) is 0.450. The van der Waals surface area contributed by atoms with Gasteiger partial charge in [0, 0.05) is 11.4 Å². The van der Waals surface area contributed by atoms with Crippen LogP contribution in [-0.2, 0) is 19.4 Å². The standard InChI is InChI=1S/C20H26N2OS/c1-20(2,3)14-9-10-15-16(11-14)24-18(21)17(15)19(23)22-12-13-7-5-4-6-8-13/h4-8,14H,9-12,21H2,1-3H3,(H,22,23). The molecule has 1 atom stereocenters. The second-order valence-electron chi connectivity index (χ2n) is 7.72. The van der Waals surface area contributed by atoms with Gasteiger partial charge in [-0.3, -0.25) is 4.79 Å². The van der Waals surface area contributed by atoms with Crippen molar-refractivity contribution in [2.45, 2.75) is 46.6 Å². The van der Waals surface area contributed by atoms with E-state index in [-0.39, 0.29) is 5.91 Å². The van der Waals surface area contributed by atoms with Gasteiger partial charge in [0.05, 0.1) is 10.6 Å². The van der Waals surface area contributed by atoms with Crippen LogP contribution in [0.4, 0.5) is 5.00 Å². The minimum Gasteiger partial charge on any atom is -0.390 e. The number of carbonyl (C=O) groups excluding carboxylic acids is 1. The van der Waals surface area contributed by atoms with Gasteiger partial charge in [-0.05, 0) is 41.7 Å². The van der Waals surface area contributed by atoms with Crippen LogP contribution >= 0.6 is 11.3 Å². The van der Waals surface area contributed by atoms with Gasteiger partial charge in [0.1, 0.15) is 0 Å². The summed E-state index contributed by atoms with van der Waals surface area (Å²) >= 11 is 1.60. The van der Waals surface area contributed by atoms with Crippen LogP contribution in [0, 0.1) is 11.3 Å². The van der Waals surface area contributed by atoms with Crippen LogP contribution < -0.4 is 11.1 Å². The number of nitrogens with one attached hydrogen (secondary N) is 1. The molecule has 1 aliphatic rings. The van der Waals surface area contributed by atoms with Crippen molar-refractivity contribution >= 4 is 22.2 Å². The van der Waals surface area contributed by atoms with Gasteiger partial charge >= 0.3 is 0 Å². The number of fused-ring (bicyclic) bond motifs is 1. The molecule has 1 amide bonds. The van der Waals surface area contributed by atoms with Crippen molar-refractivity contribution in [3.8, 4) is 0 Å². The Morgan fingerprint density at radius 3 is 2.67 bits per heavy atom. The molecule has 0 saturated carbocycles. The highest BCUT2D eigenvalue weighted by Gasteiger charge is 2.33. The third kappa shape index (κ3) is 3.48. The molecule has 0 fully saturated rings. The molecule has 24 heavy (non-hydrogen) atoms. The number of benzene rings is 1. The third-order valence-corrected chi connectivity index (χ3v) is 6.12. The third-order valence-electron chi connectivity index (χ3n) is 5.04. The van der Waals surface area contributed by atoms with Crippen LogP contribution in [0.15, 0.2) is 30.3 Å². The summed E-state index contributed by atoms with van der Waals surface area (Å²) in [4.78, 5) is 14.0. The zero-order chi connectivity index (χ0) is 17.3. The maximum Gasteiger partial charge on any atom is 0.254 e. The smallest absolute Gasteiger partial charge is 0.254 e. The first-order valence-electron chi connectivity index (χ1n) is 8.58. The molecule has 4 heteroatoms. The van der Waals surface area contributed by atoms with E-state index in [1.807, 2.05) is 30.3 Å². The van der Waals surface area contributed by atoms with Crippen molar-refractivity contribution in [2.75, 3.05) is 5.73 Å². The van der Waals surface area contributed by atoms with Crippen molar-refractivity contribution in [2.24, 2.45) is 11.3 Å². The van der Waals surface area contributed by atoms with E-state index in [4.69, 9.17) is 5.73 Å². The molecule has 0 aliphatic heterocycles. The highest BCUT2D eigenvalue weighted by molar-refractivity contribution is 7.16. The van der Waals surface area contributed by atoms with Crippen LogP contribution in [0.1, 0.15) is 53.6 Å². The summed E-state index contributed by atoms with van der Waals surface area (Å²) in [6, 6.07) is 9.97. The van der Waals surface area contributed by atoms with Crippen molar-refractivity contribution in [3.63, 3.8) is 0 Å². The largest absolute Gasteiger partial charge is 0.390 e. The Labute approximate surface area is 148 Å². The topological polar surface area (TPSA) is 55.1 Å². The first kappa shape index (κ1) is 17.0. The van der Waals surface area contributed by atoms with Gasteiger partial charge in [-0.15, -0.1) is 11.3 Å². The van der Waals surface area contributed by atoms with Crippen molar-refractivity contribution in [3.05, 3.63) is 51.9 Å². The predicted molar refractivity (Wildman–Crippen MR) is 101 cm³/mol. The van der Waals surface area contributed by atoms with E-state index in [1.165, 1.54) is 10.4 Å². The van der Waals surface area contributed by atoms with Gasteiger partial charge in [0.2, 0.25) is 0 Å². The second kappa shape index (κ2) is 6.60. The van der Waals surface area contributed by atoms with E-state index < -0.39 is 0 Å². The molecule has 0 bridgehead atoms. The Morgan fingerprint density at radius 2 is 2.00 bits per heavy atom. The minimum atomic E-state index is -0.0388. The summed E-state index contributed by atoms with van der Waals surface area (Å²) in [5.74, 6) is 0.617.